The molecule has 0 amide bonds. The van der Waals surface area contributed by atoms with Crippen LogP contribution in [-0.4, -0.2) is 25.3 Å². The van der Waals surface area contributed by atoms with E-state index in [2.05, 4.69) is 0 Å². The second-order valence-electron chi connectivity index (χ2n) is 4.95. The fourth-order valence-electron chi connectivity index (χ4n) is 2.26. The van der Waals surface area contributed by atoms with Crippen molar-refractivity contribution in [2.75, 3.05) is 14.2 Å². The third-order valence-electron chi connectivity index (χ3n) is 3.28. The van der Waals surface area contributed by atoms with Crippen LogP contribution in [0.5, 0.6) is 5.75 Å². The molecular formula is C17H18FNO2. The van der Waals surface area contributed by atoms with E-state index in [0.29, 0.717) is 24.2 Å². The Labute approximate surface area is 124 Å². The first-order chi connectivity index (χ1) is 10.1. The van der Waals surface area contributed by atoms with Crippen LogP contribution in [0.25, 0.3) is 0 Å². The van der Waals surface area contributed by atoms with E-state index < -0.39 is 0 Å². The molecule has 0 radical (unpaired) electrons. The summed E-state index contributed by atoms with van der Waals surface area (Å²) in [7, 11) is 3.50. The number of hydrogen-bond donors (Lipinski definition) is 0. The van der Waals surface area contributed by atoms with Crippen LogP contribution >= 0.6 is 0 Å². The van der Waals surface area contributed by atoms with Gasteiger partial charge >= 0.3 is 0 Å². The number of nitrogens with zero attached hydrogens (tertiary/aromatic N) is 1. The van der Waals surface area contributed by atoms with E-state index in [1.807, 2.05) is 18.0 Å². The molecule has 0 heterocycles. The Hall–Kier alpha value is -2.20. The van der Waals surface area contributed by atoms with Crippen LogP contribution in [0.1, 0.15) is 21.5 Å². The second kappa shape index (κ2) is 6.99. The highest BCUT2D eigenvalue weighted by molar-refractivity contribution is 5.75. The van der Waals surface area contributed by atoms with Crippen molar-refractivity contribution in [2.24, 2.45) is 0 Å². The topological polar surface area (TPSA) is 29.5 Å². The number of rotatable bonds is 6. The molecule has 2 rings (SSSR count). The Bertz CT molecular complexity index is 628. The van der Waals surface area contributed by atoms with Gasteiger partial charge in [-0.1, -0.05) is 18.2 Å². The highest BCUT2D eigenvalue weighted by Gasteiger charge is 2.10. The number of methoxy groups -OCH3 is 1. The average molecular weight is 287 g/mol. The highest BCUT2D eigenvalue weighted by atomic mass is 19.1. The molecule has 0 atom stereocenters. The Morgan fingerprint density at radius 1 is 1.14 bits per heavy atom. The predicted octanol–water partition coefficient (Wildman–Crippen LogP) is 3.28. The molecule has 0 aromatic heterocycles. The summed E-state index contributed by atoms with van der Waals surface area (Å²) in [5, 5.41) is 0. The van der Waals surface area contributed by atoms with Crippen molar-refractivity contribution < 1.29 is 13.9 Å². The lowest BCUT2D eigenvalue weighted by atomic mass is 10.1. The lowest BCUT2D eigenvalue weighted by Gasteiger charge is -2.19. The molecule has 110 valence electrons. The summed E-state index contributed by atoms with van der Waals surface area (Å²) >= 11 is 0. The van der Waals surface area contributed by atoms with Crippen LogP contribution in [0.2, 0.25) is 0 Å². The highest BCUT2D eigenvalue weighted by Crippen LogP contribution is 2.21. The van der Waals surface area contributed by atoms with Gasteiger partial charge in [0.2, 0.25) is 0 Å². The molecule has 0 aliphatic carbocycles. The molecule has 0 aliphatic heterocycles. The minimum absolute atomic E-state index is 0.210. The summed E-state index contributed by atoms with van der Waals surface area (Å²) < 4.78 is 19.0. The van der Waals surface area contributed by atoms with Gasteiger partial charge in [-0.25, -0.2) is 4.39 Å². The van der Waals surface area contributed by atoms with Crippen LogP contribution < -0.4 is 4.74 Å². The molecule has 0 N–H and O–H groups in total. The van der Waals surface area contributed by atoms with Gasteiger partial charge in [-0.05, 0) is 31.3 Å². The van der Waals surface area contributed by atoms with Crippen molar-refractivity contribution in [1.82, 2.24) is 4.90 Å². The first kappa shape index (κ1) is 15.2. The van der Waals surface area contributed by atoms with Crippen LogP contribution in [0.3, 0.4) is 0 Å². The van der Waals surface area contributed by atoms with Crippen molar-refractivity contribution in [2.45, 2.75) is 13.1 Å². The lowest BCUT2D eigenvalue weighted by molar-refractivity contribution is 0.112. The third kappa shape index (κ3) is 3.89. The van der Waals surface area contributed by atoms with Gasteiger partial charge in [0.05, 0.1) is 7.11 Å². The smallest absolute Gasteiger partial charge is 0.150 e. The molecular weight excluding hydrogens is 269 g/mol. The predicted molar refractivity (Wildman–Crippen MR) is 80.0 cm³/mol. The van der Waals surface area contributed by atoms with Crippen molar-refractivity contribution >= 4 is 6.29 Å². The van der Waals surface area contributed by atoms with Gasteiger partial charge in [0, 0.05) is 29.8 Å². The SMILES string of the molecule is COc1ccc(C=O)cc1CN(C)Cc1ccccc1F. The molecule has 21 heavy (non-hydrogen) atoms. The molecule has 3 nitrogen and oxygen atoms in total. The molecule has 2 aromatic rings. The number of carbonyl (C=O) groups is 1. The van der Waals surface area contributed by atoms with E-state index >= 15 is 0 Å². The molecule has 0 unspecified atom stereocenters. The van der Waals surface area contributed by atoms with Crippen LogP contribution in [0, 0.1) is 5.82 Å². The minimum atomic E-state index is -0.210. The number of carbonyl (C=O) groups excluding carboxylic acids is 1. The molecule has 0 fully saturated rings. The first-order valence-electron chi connectivity index (χ1n) is 6.68. The standard InChI is InChI=1S/C17H18FNO2/c1-19(10-14-5-3-4-6-16(14)18)11-15-9-13(12-20)7-8-17(15)21-2/h3-9,12H,10-11H2,1-2H3. The zero-order valence-electron chi connectivity index (χ0n) is 12.2. The molecule has 0 saturated heterocycles. The summed E-state index contributed by atoms with van der Waals surface area (Å²) in [6.07, 6.45) is 0.805. The zero-order chi connectivity index (χ0) is 15.2. The van der Waals surface area contributed by atoms with Crippen molar-refractivity contribution in [3.63, 3.8) is 0 Å². The van der Waals surface area contributed by atoms with Crippen molar-refractivity contribution in [3.05, 3.63) is 65.0 Å². The summed E-state index contributed by atoms with van der Waals surface area (Å²) in [4.78, 5) is 12.9. The van der Waals surface area contributed by atoms with Crippen LogP contribution in [0.15, 0.2) is 42.5 Å². The Kier molecular flexibility index (Phi) is 5.06. The average Bonchev–Trinajstić information content (AvgIpc) is 2.49. The molecule has 0 saturated carbocycles. The largest absolute Gasteiger partial charge is 0.496 e. The van der Waals surface area contributed by atoms with Gasteiger partial charge in [-0.2, -0.15) is 0 Å². The van der Waals surface area contributed by atoms with E-state index in [1.165, 1.54) is 6.07 Å². The molecule has 4 heteroatoms. The zero-order valence-corrected chi connectivity index (χ0v) is 12.2. The van der Waals surface area contributed by atoms with E-state index in [4.69, 9.17) is 4.74 Å². The van der Waals surface area contributed by atoms with Crippen LogP contribution in [-0.2, 0) is 13.1 Å². The summed E-state index contributed by atoms with van der Waals surface area (Å²) in [5.74, 6) is 0.513. The summed E-state index contributed by atoms with van der Waals surface area (Å²) in [5.41, 5.74) is 2.15. The number of aldehydes is 1. The summed E-state index contributed by atoms with van der Waals surface area (Å²) in [6, 6.07) is 12.0. The van der Waals surface area contributed by atoms with E-state index in [9.17, 15) is 9.18 Å². The third-order valence-corrected chi connectivity index (χ3v) is 3.28. The fourth-order valence-corrected chi connectivity index (χ4v) is 2.26. The Morgan fingerprint density at radius 3 is 2.52 bits per heavy atom. The second-order valence-corrected chi connectivity index (χ2v) is 4.95. The number of halogens is 1. The first-order valence-corrected chi connectivity index (χ1v) is 6.68. The Balaban J connectivity index is 2.14. The van der Waals surface area contributed by atoms with Gasteiger partial charge in [0.25, 0.3) is 0 Å². The molecule has 2 aromatic carbocycles. The maximum Gasteiger partial charge on any atom is 0.150 e. The van der Waals surface area contributed by atoms with E-state index in [-0.39, 0.29) is 5.82 Å². The minimum Gasteiger partial charge on any atom is -0.496 e. The monoisotopic (exact) mass is 287 g/mol. The fraction of sp³-hybridized carbons (Fsp3) is 0.235. The normalized spacial score (nSPS) is 10.7. The number of ether oxygens (including phenoxy) is 1. The van der Waals surface area contributed by atoms with E-state index in [1.54, 1.807) is 37.4 Å². The lowest BCUT2D eigenvalue weighted by Crippen LogP contribution is -2.18. The van der Waals surface area contributed by atoms with Gasteiger partial charge in [-0.3, -0.25) is 9.69 Å². The summed E-state index contributed by atoms with van der Waals surface area (Å²) in [6.45, 7) is 1.06. The maximum absolute atomic E-state index is 13.7. The van der Waals surface area contributed by atoms with Gasteiger partial charge < -0.3 is 4.74 Å². The number of benzene rings is 2. The van der Waals surface area contributed by atoms with Gasteiger partial charge in [-0.15, -0.1) is 0 Å². The maximum atomic E-state index is 13.7. The van der Waals surface area contributed by atoms with Crippen molar-refractivity contribution in [1.29, 1.82) is 0 Å². The van der Waals surface area contributed by atoms with Crippen molar-refractivity contribution in [3.8, 4) is 5.75 Å². The Morgan fingerprint density at radius 2 is 1.86 bits per heavy atom. The van der Waals surface area contributed by atoms with Gasteiger partial charge in [0.1, 0.15) is 17.9 Å². The molecule has 0 spiro atoms. The number of hydrogen-bond acceptors (Lipinski definition) is 3. The molecule has 0 aliphatic rings. The van der Waals surface area contributed by atoms with Crippen LogP contribution in [0.4, 0.5) is 4.39 Å². The molecule has 0 bridgehead atoms. The van der Waals surface area contributed by atoms with E-state index in [0.717, 1.165) is 17.6 Å². The van der Waals surface area contributed by atoms with Gasteiger partial charge in [0.15, 0.2) is 0 Å². The quantitative estimate of drug-likeness (QED) is 0.764.